The van der Waals surface area contributed by atoms with Gasteiger partial charge in [0.25, 0.3) is 0 Å². The van der Waals surface area contributed by atoms with E-state index in [4.69, 9.17) is 9.97 Å². The van der Waals surface area contributed by atoms with Gasteiger partial charge in [-0.1, -0.05) is 48.5 Å². The lowest BCUT2D eigenvalue weighted by Gasteiger charge is -2.15. The van der Waals surface area contributed by atoms with Gasteiger partial charge in [0.15, 0.2) is 0 Å². The summed E-state index contributed by atoms with van der Waals surface area (Å²) in [6.45, 7) is 0. The highest BCUT2D eigenvalue weighted by atomic mass is 19.4. The summed E-state index contributed by atoms with van der Waals surface area (Å²) in [6.07, 6.45) is -7.27. The second-order valence-corrected chi connectivity index (χ2v) is 9.06. The maximum absolute atomic E-state index is 13.2. The first-order valence-electron chi connectivity index (χ1n) is 11.8. The molecule has 4 aromatic carbocycles. The number of nitrogens with zero attached hydrogens (tertiary/aromatic N) is 4. The Labute approximate surface area is 222 Å². The molecule has 5 aromatic rings. The Hall–Kier alpha value is -5.04. The molecule has 0 saturated carbocycles. The quantitative estimate of drug-likeness (QED) is 0.163. The van der Waals surface area contributed by atoms with E-state index in [1.807, 2.05) is 12.1 Å². The van der Waals surface area contributed by atoms with Gasteiger partial charge in [0.05, 0.1) is 27.9 Å². The molecule has 0 atom stereocenters. The molecule has 0 saturated heterocycles. The minimum atomic E-state index is -4.53. The summed E-state index contributed by atoms with van der Waals surface area (Å²) in [5, 5.41) is 9.26. The summed E-state index contributed by atoms with van der Waals surface area (Å²) in [5.74, 6) is 0. The predicted molar refractivity (Wildman–Crippen MR) is 137 cm³/mol. The molecule has 196 valence electrons. The van der Waals surface area contributed by atoms with Gasteiger partial charge in [0.1, 0.15) is 11.4 Å². The minimum Gasteiger partial charge on any atom is -0.244 e. The molecule has 0 N–H and O–H groups in total. The van der Waals surface area contributed by atoms with Gasteiger partial charge >= 0.3 is 12.4 Å². The molecule has 1 aromatic heterocycles. The number of alkyl halides is 6. The van der Waals surface area contributed by atoms with Crippen molar-refractivity contribution >= 4 is 16.7 Å². The van der Waals surface area contributed by atoms with E-state index >= 15 is 0 Å². The third-order valence-corrected chi connectivity index (χ3v) is 6.67. The normalized spacial score (nSPS) is 13.8. The maximum Gasteiger partial charge on any atom is 0.416 e. The van der Waals surface area contributed by atoms with Crippen molar-refractivity contribution in [3.63, 3.8) is 0 Å². The minimum absolute atomic E-state index is 0.352. The Bertz CT molecular complexity index is 1860. The van der Waals surface area contributed by atoms with Crippen molar-refractivity contribution in [1.29, 1.82) is 5.26 Å². The van der Waals surface area contributed by atoms with Crippen LogP contribution >= 0.6 is 0 Å². The molecule has 0 unspecified atom stereocenters. The summed E-state index contributed by atoms with van der Waals surface area (Å²) in [5.41, 5.74) is 3.51. The second kappa shape index (κ2) is 9.02. The number of benzene rings is 4. The van der Waals surface area contributed by atoms with E-state index in [-0.39, 0.29) is 0 Å². The van der Waals surface area contributed by atoms with Gasteiger partial charge in [-0.2, -0.15) is 36.6 Å². The first-order chi connectivity index (χ1) is 19.0. The van der Waals surface area contributed by atoms with E-state index in [9.17, 15) is 31.6 Å². The Balaban J connectivity index is 1.59. The molecule has 1 heterocycles. The zero-order valence-corrected chi connectivity index (χ0v) is 20.1. The highest BCUT2D eigenvalue weighted by Gasteiger charge is 2.32. The average molecular weight is 544 g/mol. The fraction of sp³-hybridized carbons (Fsp3) is 0.0667. The zero-order valence-electron chi connectivity index (χ0n) is 20.1. The highest BCUT2D eigenvalue weighted by Crippen LogP contribution is 2.41. The lowest BCUT2D eigenvalue weighted by Crippen LogP contribution is -2.05. The Kier molecular flexibility index (Phi) is 5.69. The third-order valence-electron chi connectivity index (χ3n) is 6.67. The van der Waals surface area contributed by atoms with Gasteiger partial charge in [0, 0.05) is 11.1 Å². The molecule has 0 spiro atoms. The summed E-state index contributed by atoms with van der Waals surface area (Å²) < 4.78 is 79.2. The average Bonchev–Trinajstić information content (AvgIpc) is 3.23. The molecule has 1 aliphatic carbocycles. The summed E-state index contributed by atoms with van der Waals surface area (Å²) in [4.78, 5) is 13.4. The summed E-state index contributed by atoms with van der Waals surface area (Å²) in [6, 6.07) is 19.5. The van der Waals surface area contributed by atoms with Crippen molar-refractivity contribution in [1.82, 2.24) is 9.97 Å². The Morgan fingerprint density at radius 1 is 0.575 bits per heavy atom. The van der Waals surface area contributed by atoms with Crippen LogP contribution in [0.4, 0.5) is 26.3 Å². The second-order valence-electron chi connectivity index (χ2n) is 9.06. The van der Waals surface area contributed by atoms with Gasteiger partial charge in [-0.25, -0.2) is 9.97 Å². The van der Waals surface area contributed by atoms with Crippen molar-refractivity contribution in [3.05, 3.63) is 107 Å². The van der Waals surface area contributed by atoms with Crippen LogP contribution in [-0.4, -0.2) is 15.7 Å². The van der Waals surface area contributed by atoms with Crippen LogP contribution < -0.4 is 0 Å². The molecule has 4 nitrogen and oxygen atoms in total. The number of aliphatic imine (C=N–C) groups is 1. The predicted octanol–water partition coefficient (Wildman–Crippen LogP) is 8.30. The van der Waals surface area contributed by atoms with Gasteiger partial charge in [-0.05, 0) is 58.7 Å². The smallest absolute Gasteiger partial charge is 0.244 e. The summed E-state index contributed by atoms with van der Waals surface area (Å²) in [7, 11) is 0. The Morgan fingerprint density at radius 3 is 1.48 bits per heavy atom. The monoisotopic (exact) mass is 544 g/mol. The fourth-order valence-electron chi connectivity index (χ4n) is 4.80. The molecule has 0 radical (unpaired) electrons. The maximum atomic E-state index is 13.2. The first-order valence-corrected chi connectivity index (χ1v) is 11.8. The van der Waals surface area contributed by atoms with E-state index in [0.717, 1.165) is 29.8 Å². The SMILES string of the molecule is N#C/N=C1\c2ccccc2-c2nc3cc(-c4ccc(C(F)(F)F)cc4)c(-c4ccc(C(F)(F)F)cc4)cc3nc21. The first kappa shape index (κ1) is 25.2. The van der Waals surface area contributed by atoms with E-state index in [2.05, 4.69) is 4.99 Å². The van der Waals surface area contributed by atoms with Crippen molar-refractivity contribution in [2.24, 2.45) is 4.99 Å². The fourth-order valence-corrected chi connectivity index (χ4v) is 4.80. The number of nitriles is 1. The number of halogens is 6. The molecule has 0 amide bonds. The molecule has 0 aliphatic heterocycles. The van der Waals surface area contributed by atoms with Gasteiger partial charge in [0.2, 0.25) is 6.19 Å². The Morgan fingerprint density at radius 2 is 1.02 bits per heavy atom. The lowest BCUT2D eigenvalue weighted by atomic mass is 9.92. The largest absolute Gasteiger partial charge is 0.416 e. The van der Waals surface area contributed by atoms with Crippen molar-refractivity contribution < 1.29 is 26.3 Å². The molecule has 0 bridgehead atoms. The summed E-state index contributed by atoms with van der Waals surface area (Å²) >= 11 is 0. The van der Waals surface area contributed by atoms with Crippen LogP contribution in [0.3, 0.4) is 0 Å². The zero-order chi connectivity index (χ0) is 28.2. The van der Waals surface area contributed by atoms with E-state index < -0.39 is 23.5 Å². The van der Waals surface area contributed by atoms with Crippen LogP contribution in [0, 0.1) is 11.5 Å². The number of rotatable bonds is 2. The van der Waals surface area contributed by atoms with Crippen LogP contribution in [0.25, 0.3) is 44.5 Å². The number of hydrogen-bond acceptors (Lipinski definition) is 4. The molecule has 6 rings (SSSR count). The van der Waals surface area contributed by atoms with Crippen molar-refractivity contribution in [2.45, 2.75) is 12.4 Å². The number of hydrogen-bond donors (Lipinski definition) is 0. The number of fused-ring (bicyclic) bond motifs is 4. The lowest BCUT2D eigenvalue weighted by molar-refractivity contribution is -0.138. The molecule has 10 heteroatoms. The van der Waals surface area contributed by atoms with Crippen LogP contribution in [0.5, 0.6) is 0 Å². The number of aromatic nitrogens is 2. The molecule has 40 heavy (non-hydrogen) atoms. The standard InChI is InChI=1S/C30H14F6N4/c31-29(32,33)18-9-5-16(6-10-18)22-13-24-25(14-23(22)17-7-11-19(12-8-17)30(34,35)36)40-28-26(38-15-37)20-3-1-2-4-21(20)27(28)39-24/h1-14H/b38-26+. The topological polar surface area (TPSA) is 61.9 Å². The molecule has 0 fully saturated rings. The molecular weight excluding hydrogens is 530 g/mol. The van der Waals surface area contributed by atoms with Gasteiger partial charge in [-0.15, -0.1) is 0 Å². The third kappa shape index (κ3) is 4.25. The molecular formula is C30H14F6N4. The van der Waals surface area contributed by atoms with Crippen molar-refractivity contribution in [2.75, 3.05) is 0 Å². The van der Waals surface area contributed by atoms with E-state index in [1.54, 1.807) is 30.5 Å². The van der Waals surface area contributed by atoms with Crippen LogP contribution in [-0.2, 0) is 12.4 Å². The van der Waals surface area contributed by atoms with Gasteiger partial charge < -0.3 is 0 Å². The van der Waals surface area contributed by atoms with E-state index in [0.29, 0.717) is 56.0 Å². The van der Waals surface area contributed by atoms with Crippen LogP contribution in [0.2, 0.25) is 0 Å². The highest BCUT2D eigenvalue weighted by molar-refractivity contribution is 6.23. The van der Waals surface area contributed by atoms with E-state index in [1.165, 1.54) is 24.3 Å². The van der Waals surface area contributed by atoms with Gasteiger partial charge in [-0.3, -0.25) is 0 Å². The van der Waals surface area contributed by atoms with Crippen LogP contribution in [0.15, 0.2) is 89.9 Å². The van der Waals surface area contributed by atoms with Crippen LogP contribution in [0.1, 0.15) is 22.4 Å². The van der Waals surface area contributed by atoms with Crippen molar-refractivity contribution in [3.8, 4) is 39.7 Å². The molecule has 1 aliphatic rings.